The molecule has 2 nitrogen and oxygen atoms in total. The summed E-state index contributed by atoms with van der Waals surface area (Å²) >= 11 is 0.592. The number of rotatable bonds is 2. The highest BCUT2D eigenvalue weighted by Crippen LogP contribution is 2.51. The van der Waals surface area contributed by atoms with Crippen LogP contribution in [0.25, 0.3) is 0 Å². The van der Waals surface area contributed by atoms with Gasteiger partial charge in [-0.05, 0) is 6.92 Å². The van der Waals surface area contributed by atoms with E-state index in [0.717, 1.165) is 0 Å². The van der Waals surface area contributed by atoms with Crippen LogP contribution in [-0.4, -0.2) is 29.3 Å². The first kappa shape index (κ1) is 9.70. The van der Waals surface area contributed by atoms with Crippen LogP contribution in [0.5, 0.6) is 0 Å². The number of alkyl halides is 3. The molecule has 0 saturated carbocycles. The molecule has 2 atom stereocenters. The number of carbonyl (C=O) groups excluding carboxylic acids is 1. The van der Waals surface area contributed by atoms with Crippen LogP contribution in [0, 0.1) is 0 Å². The summed E-state index contributed by atoms with van der Waals surface area (Å²) in [6, 6.07) is 0. The Morgan fingerprint density at radius 3 is 2.50 bits per heavy atom. The number of thioether (sulfide) groups is 1. The normalized spacial score (nSPS) is 28.3. The van der Waals surface area contributed by atoms with Crippen LogP contribution in [0.15, 0.2) is 0 Å². The van der Waals surface area contributed by atoms with Crippen molar-refractivity contribution in [3.63, 3.8) is 0 Å². The van der Waals surface area contributed by atoms with Gasteiger partial charge in [0.15, 0.2) is 0 Å². The van der Waals surface area contributed by atoms with E-state index in [0.29, 0.717) is 11.8 Å². The molecule has 12 heavy (non-hydrogen) atoms. The Labute approximate surface area is 71.5 Å². The van der Waals surface area contributed by atoms with Crippen molar-refractivity contribution in [1.29, 1.82) is 0 Å². The quantitative estimate of drug-likeness (QED) is 0.500. The highest BCUT2D eigenvalue weighted by atomic mass is 32.2. The molecule has 0 aliphatic carbocycles. The molecule has 6 heteroatoms. The van der Waals surface area contributed by atoms with Gasteiger partial charge >= 0.3 is 12.1 Å². The number of hydrogen-bond donors (Lipinski definition) is 0. The van der Waals surface area contributed by atoms with Gasteiger partial charge in [-0.2, -0.15) is 13.2 Å². The lowest BCUT2D eigenvalue weighted by Gasteiger charge is -2.02. The maximum absolute atomic E-state index is 11.9. The molecular weight excluding hydrogens is 193 g/mol. The van der Waals surface area contributed by atoms with Crippen LogP contribution in [0.1, 0.15) is 6.92 Å². The van der Waals surface area contributed by atoms with Gasteiger partial charge < -0.3 is 4.74 Å². The third-order valence-corrected chi connectivity index (χ3v) is 2.61. The molecule has 0 aromatic rings. The molecule has 1 heterocycles. The highest BCUT2D eigenvalue weighted by molar-refractivity contribution is 8.08. The summed E-state index contributed by atoms with van der Waals surface area (Å²) in [5.74, 6) is -0.759. The summed E-state index contributed by atoms with van der Waals surface area (Å²) in [7, 11) is 0. The first-order valence-corrected chi connectivity index (χ1v) is 4.30. The molecule has 0 bridgehead atoms. The van der Waals surface area contributed by atoms with Gasteiger partial charge in [0.25, 0.3) is 0 Å². The Morgan fingerprint density at radius 1 is 1.58 bits per heavy atom. The minimum absolute atomic E-state index is 0.125. The first-order valence-electron chi connectivity index (χ1n) is 3.35. The zero-order valence-corrected chi connectivity index (χ0v) is 7.04. The third kappa shape index (κ3) is 2.06. The largest absolute Gasteiger partial charge is 0.465 e. The molecular formula is C6H7F3O2S. The summed E-state index contributed by atoms with van der Waals surface area (Å²) in [6.07, 6.45) is -4.28. The number of halogens is 3. The first-order chi connectivity index (χ1) is 5.46. The van der Waals surface area contributed by atoms with Crippen molar-refractivity contribution in [3.05, 3.63) is 0 Å². The molecule has 1 aliphatic rings. The second kappa shape index (κ2) is 3.16. The Balaban J connectivity index is 2.37. The lowest BCUT2D eigenvalue weighted by molar-refractivity contribution is -0.148. The predicted octanol–water partition coefficient (Wildman–Crippen LogP) is 1.60. The molecule has 0 aromatic heterocycles. The maximum Gasteiger partial charge on any atom is 0.402 e. The minimum Gasteiger partial charge on any atom is -0.465 e. The SMILES string of the molecule is CCOC(=O)C1SC1C(F)(F)F. The molecule has 0 N–H and O–H groups in total. The minimum atomic E-state index is -4.28. The highest BCUT2D eigenvalue weighted by Gasteiger charge is 2.61. The molecule has 0 aromatic carbocycles. The Kier molecular flexibility index (Phi) is 2.55. The summed E-state index contributed by atoms with van der Waals surface area (Å²) in [5, 5.41) is -2.57. The van der Waals surface area contributed by atoms with Gasteiger partial charge in [-0.3, -0.25) is 4.79 Å². The maximum atomic E-state index is 11.9. The lowest BCUT2D eigenvalue weighted by Crippen LogP contribution is -2.23. The average Bonchev–Trinajstić information content (AvgIpc) is 2.62. The van der Waals surface area contributed by atoms with Crippen molar-refractivity contribution in [2.45, 2.75) is 23.6 Å². The van der Waals surface area contributed by atoms with Gasteiger partial charge in [0.05, 0.1) is 6.61 Å². The smallest absolute Gasteiger partial charge is 0.402 e. The van der Waals surface area contributed by atoms with Gasteiger partial charge in [0.2, 0.25) is 0 Å². The van der Waals surface area contributed by atoms with Crippen molar-refractivity contribution in [1.82, 2.24) is 0 Å². The Hall–Kier alpha value is -0.390. The van der Waals surface area contributed by atoms with E-state index in [1.165, 1.54) is 0 Å². The molecule has 1 rings (SSSR count). The van der Waals surface area contributed by atoms with E-state index in [1.54, 1.807) is 6.92 Å². The summed E-state index contributed by atoms with van der Waals surface area (Å²) in [4.78, 5) is 10.7. The van der Waals surface area contributed by atoms with Crippen LogP contribution >= 0.6 is 11.8 Å². The number of carbonyl (C=O) groups is 1. The van der Waals surface area contributed by atoms with E-state index >= 15 is 0 Å². The number of esters is 1. The fraction of sp³-hybridized carbons (Fsp3) is 0.833. The van der Waals surface area contributed by atoms with E-state index in [4.69, 9.17) is 0 Å². The van der Waals surface area contributed by atoms with Crippen molar-refractivity contribution in [2.24, 2.45) is 0 Å². The zero-order valence-electron chi connectivity index (χ0n) is 6.22. The van der Waals surface area contributed by atoms with Crippen LogP contribution in [0.2, 0.25) is 0 Å². The molecule has 0 amide bonds. The summed E-state index contributed by atoms with van der Waals surface area (Å²) in [6.45, 7) is 1.69. The van der Waals surface area contributed by atoms with Crippen LogP contribution in [-0.2, 0) is 9.53 Å². The van der Waals surface area contributed by atoms with Crippen LogP contribution in [0.3, 0.4) is 0 Å². The van der Waals surface area contributed by atoms with Crippen molar-refractivity contribution in [2.75, 3.05) is 6.61 Å². The molecule has 1 fully saturated rings. The average molecular weight is 200 g/mol. The van der Waals surface area contributed by atoms with E-state index < -0.39 is 22.6 Å². The standard InChI is InChI=1S/C6H7F3O2S/c1-2-11-5(10)3-4(12-3)6(7,8)9/h3-4H,2H2,1H3. The second-order valence-electron chi connectivity index (χ2n) is 2.27. The van der Waals surface area contributed by atoms with Crippen molar-refractivity contribution >= 4 is 17.7 Å². The summed E-state index contributed by atoms with van der Waals surface area (Å²) < 4.78 is 40.0. The molecule has 0 spiro atoms. The lowest BCUT2D eigenvalue weighted by atomic mass is 10.3. The van der Waals surface area contributed by atoms with E-state index in [2.05, 4.69) is 4.74 Å². The topological polar surface area (TPSA) is 26.3 Å². The molecule has 70 valence electrons. The molecule has 1 aliphatic heterocycles. The van der Waals surface area contributed by atoms with E-state index in [-0.39, 0.29) is 6.61 Å². The van der Waals surface area contributed by atoms with E-state index in [9.17, 15) is 18.0 Å². The summed E-state index contributed by atoms with van der Waals surface area (Å²) in [5.41, 5.74) is 0. The second-order valence-corrected chi connectivity index (χ2v) is 3.56. The van der Waals surface area contributed by atoms with Crippen LogP contribution < -0.4 is 0 Å². The molecule has 2 unspecified atom stereocenters. The van der Waals surface area contributed by atoms with Gasteiger partial charge in [0.1, 0.15) is 10.5 Å². The number of hydrogen-bond acceptors (Lipinski definition) is 3. The molecule has 0 radical (unpaired) electrons. The third-order valence-electron chi connectivity index (χ3n) is 1.33. The van der Waals surface area contributed by atoms with Crippen molar-refractivity contribution in [3.8, 4) is 0 Å². The Bertz CT molecular complexity index is 192. The van der Waals surface area contributed by atoms with Gasteiger partial charge in [-0.25, -0.2) is 0 Å². The number of ether oxygens (including phenoxy) is 1. The zero-order chi connectivity index (χ0) is 9.35. The fourth-order valence-electron chi connectivity index (χ4n) is 0.765. The van der Waals surface area contributed by atoms with Crippen molar-refractivity contribution < 1.29 is 22.7 Å². The predicted molar refractivity (Wildman–Crippen MR) is 37.9 cm³/mol. The Morgan fingerprint density at radius 2 is 2.17 bits per heavy atom. The van der Waals surface area contributed by atoms with E-state index in [1.807, 2.05) is 0 Å². The van der Waals surface area contributed by atoms with Gasteiger partial charge in [0, 0.05) is 0 Å². The van der Waals surface area contributed by atoms with Crippen LogP contribution in [0.4, 0.5) is 13.2 Å². The van der Waals surface area contributed by atoms with Gasteiger partial charge in [-0.1, -0.05) is 0 Å². The fourth-order valence-corrected chi connectivity index (χ4v) is 1.59. The molecule has 1 saturated heterocycles. The van der Waals surface area contributed by atoms with Gasteiger partial charge in [-0.15, -0.1) is 11.8 Å². The monoisotopic (exact) mass is 200 g/mol.